The minimum absolute atomic E-state index is 0.304. The van der Waals surface area contributed by atoms with Gasteiger partial charge in [0.2, 0.25) is 0 Å². The van der Waals surface area contributed by atoms with Crippen LogP contribution in [0.1, 0.15) is 37.8 Å². The third-order valence-electron chi connectivity index (χ3n) is 6.11. The number of urea groups is 1. The third kappa shape index (κ3) is 4.46. The first-order valence-corrected chi connectivity index (χ1v) is 10.6. The second kappa shape index (κ2) is 8.44. The maximum atomic E-state index is 12.1. The van der Waals surface area contributed by atoms with Crippen LogP contribution in [0.4, 0.5) is 16.3 Å². The van der Waals surface area contributed by atoms with E-state index in [2.05, 4.69) is 44.0 Å². The SMILES string of the molecule is CC(C)(c1ccnc(Nc2cccc(CCN3CCCC3)c2)c1)C1NC(=O)NC1=O. The second-order valence-electron chi connectivity index (χ2n) is 8.67. The first kappa shape index (κ1) is 20.3. The molecule has 3 amide bonds. The van der Waals surface area contributed by atoms with Crippen molar-refractivity contribution in [3.05, 3.63) is 53.7 Å². The van der Waals surface area contributed by atoms with Gasteiger partial charge in [-0.2, -0.15) is 0 Å². The van der Waals surface area contributed by atoms with Crippen LogP contribution in [0.2, 0.25) is 0 Å². The van der Waals surface area contributed by atoms with Crippen molar-refractivity contribution in [1.82, 2.24) is 20.5 Å². The Bertz CT molecular complexity index is 937. The van der Waals surface area contributed by atoms with E-state index < -0.39 is 17.5 Å². The van der Waals surface area contributed by atoms with Crippen molar-refractivity contribution in [2.75, 3.05) is 25.0 Å². The molecule has 1 aromatic heterocycles. The number of imide groups is 1. The van der Waals surface area contributed by atoms with Gasteiger partial charge in [-0.15, -0.1) is 0 Å². The summed E-state index contributed by atoms with van der Waals surface area (Å²) in [4.78, 5) is 30.7. The predicted octanol–water partition coefficient (Wildman–Crippen LogP) is 2.95. The summed E-state index contributed by atoms with van der Waals surface area (Å²) in [6.07, 6.45) is 5.39. The minimum Gasteiger partial charge on any atom is -0.340 e. The van der Waals surface area contributed by atoms with Gasteiger partial charge < -0.3 is 15.5 Å². The summed E-state index contributed by atoms with van der Waals surface area (Å²) in [5, 5.41) is 8.41. The molecular weight excluding hydrogens is 378 g/mol. The van der Waals surface area contributed by atoms with E-state index in [9.17, 15) is 9.59 Å². The molecule has 7 nitrogen and oxygen atoms in total. The number of likely N-dealkylation sites (tertiary alicyclic amines) is 1. The van der Waals surface area contributed by atoms with Gasteiger partial charge in [0.05, 0.1) is 0 Å². The van der Waals surface area contributed by atoms with Crippen LogP contribution >= 0.6 is 0 Å². The topological polar surface area (TPSA) is 86.4 Å². The molecular formula is C23H29N5O2. The fourth-order valence-electron chi connectivity index (χ4n) is 4.24. The first-order valence-electron chi connectivity index (χ1n) is 10.6. The van der Waals surface area contributed by atoms with Crippen molar-refractivity contribution in [2.24, 2.45) is 0 Å². The van der Waals surface area contributed by atoms with Crippen molar-refractivity contribution in [3.63, 3.8) is 0 Å². The summed E-state index contributed by atoms with van der Waals surface area (Å²) >= 11 is 0. The molecule has 2 aliphatic rings. The van der Waals surface area contributed by atoms with E-state index in [1.807, 2.05) is 32.0 Å². The summed E-state index contributed by atoms with van der Waals surface area (Å²) < 4.78 is 0. The molecule has 158 valence electrons. The molecule has 3 N–H and O–H groups in total. The fraction of sp³-hybridized carbons (Fsp3) is 0.435. The molecule has 3 heterocycles. The van der Waals surface area contributed by atoms with Crippen LogP contribution in [0.25, 0.3) is 0 Å². The van der Waals surface area contributed by atoms with E-state index >= 15 is 0 Å². The summed E-state index contributed by atoms with van der Waals surface area (Å²) in [5.74, 6) is 0.407. The van der Waals surface area contributed by atoms with Gasteiger partial charge in [0, 0.05) is 23.8 Å². The molecule has 2 saturated heterocycles. The molecule has 0 radical (unpaired) electrons. The molecule has 30 heavy (non-hydrogen) atoms. The average molecular weight is 408 g/mol. The van der Waals surface area contributed by atoms with Gasteiger partial charge in [0.15, 0.2) is 0 Å². The van der Waals surface area contributed by atoms with Crippen LogP contribution in [0.15, 0.2) is 42.6 Å². The average Bonchev–Trinajstić information content (AvgIpc) is 3.36. The number of nitrogens with one attached hydrogen (secondary N) is 3. The van der Waals surface area contributed by atoms with Crippen LogP contribution in [-0.4, -0.2) is 47.5 Å². The van der Waals surface area contributed by atoms with Crippen LogP contribution < -0.4 is 16.0 Å². The van der Waals surface area contributed by atoms with Crippen LogP contribution in [-0.2, 0) is 16.6 Å². The summed E-state index contributed by atoms with van der Waals surface area (Å²) in [7, 11) is 0. The van der Waals surface area contributed by atoms with E-state index in [4.69, 9.17) is 0 Å². The van der Waals surface area contributed by atoms with Gasteiger partial charge in [0.1, 0.15) is 11.9 Å². The second-order valence-corrected chi connectivity index (χ2v) is 8.67. The molecule has 1 unspecified atom stereocenters. The van der Waals surface area contributed by atoms with Crippen LogP contribution in [0.3, 0.4) is 0 Å². The smallest absolute Gasteiger partial charge is 0.322 e. The highest BCUT2D eigenvalue weighted by atomic mass is 16.2. The maximum absolute atomic E-state index is 12.1. The lowest BCUT2D eigenvalue weighted by atomic mass is 9.78. The third-order valence-corrected chi connectivity index (χ3v) is 6.11. The largest absolute Gasteiger partial charge is 0.340 e. The maximum Gasteiger partial charge on any atom is 0.322 e. The van der Waals surface area contributed by atoms with E-state index in [0.29, 0.717) is 5.82 Å². The quantitative estimate of drug-likeness (QED) is 0.615. The van der Waals surface area contributed by atoms with Crippen molar-refractivity contribution in [2.45, 2.75) is 44.6 Å². The lowest BCUT2D eigenvalue weighted by Crippen LogP contribution is -2.45. The summed E-state index contributed by atoms with van der Waals surface area (Å²) in [6, 6.07) is 11.2. The Balaban J connectivity index is 1.46. The number of pyridine rings is 1. The molecule has 1 atom stereocenters. The highest BCUT2D eigenvalue weighted by Gasteiger charge is 2.42. The first-order chi connectivity index (χ1) is 14.4. The lowest BCUT2D eigenvalue weighted by Gasteiger charge is -2.30. The van der Waals surface area contributed by atoms with Crippen molar-refractivity contribution in [3.8, 4) is 0 Å². The van der Waals surface area contributed by atoms with Crippen LogP contribution in [0.5, 0.6) is 0 Å². The molecule has 2 fully saturated rings. The molecule has 1 aromatic carbocycles. The van der Waals surface area contributed by atoms with E-state index in [0.717, 1.165) is 24.2 Å². The van der Waals surface area contributed by atoms with E-state index in [1.54, 1.807) is 6.20 Å². The van der Waals surface area contributed by atoms with Crippen molar-refractivity contribution >= 4 is 23.4 Å². The zero-order valence-corrected chi connectivity index (χ0v) is 17.6. The Morgan fingerprint density at radius 3 is 2.70 bits per heavy atom. The normalized spacial score (nSPS) is 19.6. The fourth-order valence-corrected chi connectivity index (χ4v) is 4.24. The Labute approximate surface area is 177 Å². The highest BCUT2D eigenvalue weighted by Crippen LogP contribution is 2.30. The monoisotopic (exact) mass is 407 g/mol. The van der Waals surface area contributed by atoms with Crippen molar-refractivity contribution < 1.29 is 9.59 Å². The molecule has 2 aromatic rings. The molecule has 0 spiro atoms. The number of hydrogen-bond acceptors (Lipinski definition) is 5. The van der Waals surface area contributed by atoms with Crippen LogP contribution in [0, 0.1) is 0 Å². The van der Waals surface area contributed by atoms with Gasteiger partial charge in [-0.1, -0.05) is 26.0 Å². The zero-order chi connectivity index (χ0) is 21.1. The van der Waals surface area contributed by atoms with Gasteiger partial charge >= 0.3 is 6.03 Å². The standard InChI is InChI=1S/C23H29N5O2/c1-23(2,20-21(29)27-22(30)26-20)17-8-10-24-19(15-17)25-18-7-5-6-16(14-18)9-13-28-11-3-4-12-28/h5-8,10,14-15,20H,3-4,9,11-13H2,1-2H3,(H,24,25)(H2,26,27,29,30). The number of aromatic nitrogens is 1. The minimum atomic E-state index is -0.617. The van der Waals surface area contributed by atoms with E-state index in [1.165, 1.54) is 31.5 Å². The summed E-state index contributed by atoms with van der Waals surface area (Å²) in [5.41, 5.74) is 2.64. The number of benzene rings is 1. The number of nitrogens with zero attached hydrogens (tertiary/aromatic N) is 2. The Morgan fingerprint density at radius 1 is 1.17 bits per heavy atom. The summed E-state index contributed by atoms with van der Waals surface area (Å²) in [6.45, 7) is 7.41. The number of carbonyl (C=O) groups is 2. The van der Waals surface area contributed by atoms with Gasteiger partial charge in [-0.3, -0.25) is 10.1 Å². The van der Waals surface area contributed by atoms with Gasteiger partial charge in [0.25, 0.3) is 5.91 Å². The zero-order valence-electron chi connectivity index (χ0n) is 17.6. The highest BCUT2D eigenvalue weighted by molar-refractivity contribution is 6.05. The number of hydrogen-bond donors (Lipinski definition) is 3. The lowest BCUT2D eigenvalue weighted by molar-refractivity contribution is -0.121. The molecule has 7 heteroatoms. The molecule has 4 rings (SSSR count). The van der Waals surface area contributed by atoms with E-state index in [-0.39, 0.29) is 5.91 Å². The number of carbonyl (C=O) groups excluding carboxylic acids is 2. The molecule has 0 saturated carbocycles. The number of amides is 3. The Morgan fingerprint density at radius 2 is 1.97 bits per heavy atom. The van der Waals surface area contributed by atoms with Gasteiger partial charge in [-0.05, 0) is 67.7 Å². The Hall–Kier alpha value is -2.93. The van der Waals surface area contributed by atoms with Gasteiger partial charge in [-0.25, -0.2) is 9.78 Å². The van der Waals surface area contributed by atoms with Crippen molar-refractivity contribution in [1.29, 1.82) is 0 Å². The predicted molar refractivity (Wildman–Crippen MR) is 117 cm³/mol. The molecule has 2 aliphatic heterocycles. The Kier molecular flexibility index (Phi) is 5.72. The molecule has 0 aliphatic carbocycles. The molecule has 0 bridgehead atoms. The number of rotatable bonds is 7. The number of anilines is 2.